The third-order valence-electron chi connectivity index (χ3n) is 12.8. The SMILES string of the molecule is CC1(C)OB(B2OC(C)(C)C(C)(C)O2)OC1(C)C.CC1(C)OB(c2ccc3cnn(-c4cccc(C(F)F)n4)c3c2)OC1(C)C.FC(F)c1cccc(-n2ncc3ccc(Br)cc32)n1. The minimum Gasteiger partial charge on any atom is -0.405 e. The largest absolute Gasteiger partial charge is 0.494 e. The number of fused-ring (bicyclic) bond motifs is 2. The molecule has 0 saturated carbocycles. The molecule has 0 atom stereocenters. The van der Waals surface area contributed by atoms with Gasteiger partial charge in [0, 0.05) is 15.2 Å². The van der Waals surface area contributed by atoms with Gasteiger partial charge in [0.2, 0.25) is 0 Å². The Balaban J connectivity index is 0.000000148. The molecule has 3 aliphatic heterocycles. The summed E-state index contributed by atoms with van der Waals surface area (Å²) in [4.78, 5) is 7.96. The maximum absolute atomic E-state index is 13.0. The van der Waals surface area contributed by atoms with Crippen molar-refractivity contribution < 1.29 is 45.5 Å². The topological polar surface area (TPSA) is 117 Å². The number of halogens is 5. The van der Waals surface area contributed by atoms with Crippen LogP contribution in [-0.2, 0) is 27.9 Å². The molecular weight excluding hydrogens is 897 g/mol. The number of hydrogen-bond acceptors (Lipinski definition) is 10. The first kappa shape index (κ1) is 47.8. The van der Waals surface area contributed by atoms with Gasteiger partial charge < -0.3 is 27.9 Å². The molecule has 0 amide bonds. The van der Waals surface area contributed by atoms with Gasteiger partial charge in [-0.25, -0.2) is 36.9 Å². The highest BCUT2D eigenvalue weighted by Crippen LogP contribution is 2.43. The second kappa shape index (κ2) is 17.2. The predicted octanol–water partition coefficient (Wildman–Crippen LogP) is 10.0. The van der Waals surface area contributed by atoms with Crippen molar-refractivity contribution >= 4 is 64.3 Å². The van der Waals surface area contributed by atoms with Gasteiger partial charge in [-0.1, -0.05) is 46.3 Å². The average Bonchev–Trinajstić information content (AvgIpc) is 3.98. The van der Waals surface area contributed by atoms with Crippen molar-refractivity contribution in [3.8, 4) is 11.6 Å². The summed E-state index contributed by atoms with van der Waals surface area (Å²) in [6, 6.07) is 20.4. The summed E-state index contributed by atoms with van der Waals surface area (Å²) in [5, 5.41) is 10.3. The fourth-order valence-electron chi connectivity index (χ4n) is 6.88. The van der Waals surface area contributed by atoms with Gasteiger partial charge in [0.05, 0.1) is 57.0 Å². The molecule has 7 heterocycles. The van der Waals surface area contributed by atoms with E-state index in [1.54, 1.807) is 46.0 Å². The Morgan fingerprint density at radius 3 is 1.28 bits per heavy atom. The molecule has 2 aromatic carbocycles. The van der Waals surface area contributed by atoms with Crippen molar-refractivity contribution in [1.29, 1.82) is 0 Å². The first-order valence-electron chi connectivity index (χ1n) is 20.9. The van der Waals surface area contributed by atoms with Gasteiger partial charge >= 0.3 is 21.1 Å². The number of pyridine rings is 2. The lowest BCUT2D eigenvalue weighted by Crippen LogP contribution is -2.41. The minimum atomic E-state index is -2.63. The van der Waals surface area contributed by atoms with E-state index in [2.05, 4.69) is 36.1 Å². The van der Waals surface area contributed by atoms with Crippen molar-refractivity contribution in [3.05, 3.63) is 101 Å². The Bertz CT molecular complexity index is 2560. The van der Waals surface area contributed by atoms with Crippen LogP contribution in [-0.4, -0.2) is 84.3 Å². The fraction of sp³-hybridized carbons (Fsp3) is 0.455. The second-order valence-electron chi connectivity index (χ2n) is 18.9. The molecule has 0 N–H and O–H groups in total. The summed E-state index contributed by atoms with van der Waals surface area (Å²) in [5.41, 5.74) is -0.456. The Kier molecular flexibility index (Phi) is 12.9. The van der Waals surface area contributed by atoms with Crippen LogP contribution >= 0.6 is 15.9 Å². The zero-order valence-electron chi connectivity index (χ0n) is 38.0. The first-order chi connectivity index (χ1) is 29.7. The maximum Gasteiger partial charge on any atom is 0.494 e. The van der Waals surface area contributed by atoms with E-state index >= 15 is 0 Å². The lowest BCUT2D eigenvalue weighted by atomic mass is 9.49. The molecule has 338 valence electrons. The van der Waals surface area contributed by atoms with E-state index in [0.717, 1.165) is 31.7 Å². The summed E-state index contributed by atoms with van der Waals surface area (Å²) >= 11 is 3.38. The molecule has 3 aliphatic rings. The molecule has 3 saturated heterocycles. The molecule has 9 rings (SSSR count). The highest BCUT2D eigenvalue weighted by atomic mass is 79.9. The quantitative estimate of drug-likeness (QED) is 0.118. The second-order valence-corrected chi connectivity index (χ2v) is 19.8. The Morgan fingerprint density at radius 2 is 0.875 bits per heavy atom. The lowest BCUT2D eigenvalue weighted by molar-refractivity contribution is 0.00578. The van der Waals surface area contributed by atoms with Crippen LogP contribution in [0.1, 0.15) is 107 Å². The maximum atomic E-state index is 13.0. The van der Waals surface area contributed by atoms with Gasteiger partial charge in [-0.2, -0.15) is 10.2 Å². The van der Waals surface area contributed by atoms with Crippen LogP contribution in [0.4, 0.5) is 17.6 Å². The van der Waals surface area contributed by atoms with Crippen molar-refractivity contribution in [2.75, 3.05) is 0 Å². The van der Waals surface area contributed by atoms with E-state index in [9.17, 15) is 17.6 Å². The highest BCUT2D eigenvalue weighted by Gasteiger charge is 2.63. The third-order valence-corrected chi connectivity index (χ3v) is 13.3. The third kappa shape index (κ3) is 9.42. The van der Waals surface area contributed by atoms with E-state index in [4.69, 9.17) is 27.9 Å². The average molecular weight is 949 g/mol. The van der Waals surface area contributed by atoms with Gasteiger partial charge in [0.15, 0.2) is 11.6 Å². The summed E-state index contributed by atoms with van der Waals surface area (Å²) in [5.74, 6) is 0.722. The molecule has 0 radical (unpaired) electrons. The van der Waals surface area contributed by atoms with Crippen LogP contribution < -0.4 is 5.46 Å². The Morgan fingerprint density at radius 1 is 0.500 bits per heavy atom. The number of alkyl halides is 4. The molecule has 64 heavy (non-hydrogen) atoms. The van der Waals surface area contributed by atoms with E-state index in [1.165, 1.54) is 12.1 Å². The van der Waals surface area contributed by atoms with E-state index in [-0.39, 0.29) is 33.8 Å². The van der Waals surface area contributed by atoms with Gasteiger partial charge in [-0.3, -0.25) is 0 Å². The number of rotatable bonds is 6. The van der Waals surface area contributed by atoms with Crippen LogP contribution in [0.25, 0.3) is 33.4 Å². The van der Waals surface area contributed by atoms with Crippen molar-refractivity contribution in [1.82, 2.24) is 29.5 Å². The van der Waals surface area contributed by atoms with Crippen LogP contribution in [0, 0.1) is 0 Å². The molecule has 0 unspecified atom stereocenters. The first-order valence-corrected chi connectivity index (χ1v) is 21.7. The number of aromatic nitrogens is 6. The monoisotopic (exact) mass is 948 g/mol. The summed E-state index contributed by atoms with van der Waals surface area (Å²) in [6.45, 7) is 24.2. The summed E-state index contributed by atoms with van der Waals surface area (Å²) < 4.78 is 91.4. The summed E-state index contributed by atoms with van der Waals surface area (Å²) in [7, 11) is -1.46. The predicted molar refractivity (Wildman–Crippen MR) is 243 cm³/mol. The van der Waals surface area contributed by atoms with Gasteiger partial charge in [0.25, 0.3) is 12.9 Å². The Hall–Kier alpha value is -4.17. The van der Waals surface area contributed by atoms with Crippen molar-refractivity contribution in [2.45, 2.75) is 130 Å². The zero-order valence-corrected chi connectivity index (χ0v) is 39.6. The number of hydrogen-bond donors (Lipinski definition) is 0. The molecule has 0 bridgehead atoms. The van der Waals surface area contributed by atoms with Gasteiger partial charge in [-0.05, 0) is 131 Å². The van der Waals surface area contributed by atoms with Crippen LogP contribution in [0.2, 0.25) is 0 Å². The number of benzene rings is 2. The van der Waals surface area contributed by atoms with E-state index in [0.29, 0.717) is 11.6 Å². The minimum absolute atomic E-state index is 0.254. The fourth-order valence-corrected chi connectivity index (χ4v) is 7.22. The molecule has 6 aromatic rings. The van der Waals surface area contributed by atoms with E-state index < -0.39 is 45.2 Å². The van der Waals surface area contributed by atoms with Crippen LogP contribution in [0.3, 0.4) is 0 Å². The van der Waals surface area contributed by atoms with Crippen molar-refractivity contribution in [3.63, 3.8) is 0 Å². The normalized spacial score (nSPS) is 20.2. The molecule has 12 nitrogen and oxygen atoms in total. The molecule has 0 aliphatic carbocycles. The van der Waals surface area contributed by atoms with Crippen LogP contribution in [0.5, 0.6) is 0 Å². The smallest absolute Gasteiger partial charge is 0.405 e. The Labute approximate surface area is 380 Å². The van der Waals surface area contributed by atoms with Crippen molar-refractivity contribution in [2.24, 2.45) is 0 Å². The zero-order chi connectivity index (χ0) is 46.8. The molecule has 0 spiro atoms. The van der Waals surface area contributed by atoms with Gasteiger partial charge in [0.1, 0.15) is 11.4 Å². The number of nitrogens with zero attached hydrogens (tertiary/aromatic N) is 6. The van der Waals surface area contributed by atoms with E-state index in [1.807, 2.05) is 119 Å². The van der Waals surface area contributed by atoms with Gasteiger partial charge in [-0.15, -0.1) is 0 Å². The lowest BCUT2D eigenvalue weighted by Gasteiger charge is -2.32. The standard InChI is InChI=1S/C19H20BF2N3O2.C13H8BrF2N3.C12H24B2O4/c1-18(2)19(3,4)27-20(26-18)13-9-8-12-11-23-25(15(12)10-13)16-7-5-6-14(24-16)17(21)22;14-9-5-4-8-7-17-19(11(8)6-9)12-3-1-2-10(18-12)13(15)16;1-9(2)10(3,4)16-13(15-9)14-17-11(5,6)12(7,8)18-14/h5-11,17H,1-4H3;1-7,13H;1-8H3. The molecule has 20 heteroatoms. The highest BCUT2D eigenvalue weighted by molar-refractivity contribution is 9.10. The molecule has 4 aromatic heterocycles. The molecule has 3 fully saturated rings. The van der Waals surface area contributed by atoms with Crippen LogP contribution in [0.15, 0.2) is 89.7 Å². The molecular formula is C44H52B3BrF4N6O6. The summed E-state index contributed by atoms with van der Waals surface area (Å²) in [6.07, 6.45) is -1.86.